The third-order valence-electron chi connectivity index (χ3n) is 2.86. The van der Waals surface area contributed by atoms with Crippen LogP contribution in [-0.4, -0.2) is 48.5 Å². The van der Waals surface area contributed by atoms with Crippen molar-refractivity contribution < 1.29 is 14.3 Å². The van der Waals surface area contributed by atoms with Crippen molar-refractivity contribution in [3.05, 3.63) is 35.9 Å². The summed E-state index contributed by atoms with van der Waals surface area (Å²) >= 11 is 0. The maximum absolute atomic E-state index is 11.9. The molecule has 0 bridgehead atoms. The van der Waals surface area contributed by atoms with Crippen LogP contribution in [0.3, 0.4) is 0 Å². The van der Waals surface area contributed by atoms with Gasteiger partial charge in [0, 0.05) is 13.6 Å². The van der Waals surface area contributed by atoms with E-state index in [1.54, 1.807) is 11.9 Å². The minimum absolute atomic E-state index is 0.0855. The molecule has 5 nitrogen and oxygen atoms in total. The Morgan fingerprint density at radius 2 is 2.11 bits per heavy atom. The van der Waals surface area contributed by atoms with Gasteiger partial charge in [-0.2, -0.15) is 0 Å². The highest BCUT2D eigenvalue weighted by molar-refractivity contribution is 5.82. The second kappa shape index (κ2) is 5.53. The number of amides is 2. The molecule has 2 rings (SSSR count). The number of cyclic esters (lactones) is 1. The highest BCUT2D eigenvalue weighted by Crippen LogP contribution is 2.06. The first kappa shape index (κ1) is 12.4. The molecule has 1 aromatic rings. The SMILES string of the molecule is CN(Cc1ccccc1)C(=O)CN1CCOC1=O. The number of carbonyl (C=O) groups is 2. The number of hydrogen-bond donors (Lipinski definition) is 0. The molecule has 0 saturated carbocycles. The van der Waals surface area contributed by atoms with E-state index in [1.807, 2.05) is 30.3 Å². The Hall–Kier alpha value is -2.04. The molecule has 0 atom stereocenters. The van der Waals surface area contributed by atoms with Crippen molar-refractivity contribution in [1.29, 1.82) is 0 Å². The highest BCUT2D eigenvalue weighted by atomic mass is 16.6. The van der Waals surface area contributed by atoms with E-state index in [9.17, 15) is 9.59 Å². The van der Waals surface area contributed by atoms with Crippen molar-refractivity contribution in [1.82, 2.24) is 9.80 Å². The molecule has 0 aliphatic carbocycles. The molecule has 5 heteroatoms. The number of carbonyl (C=O) groups excluding carboxylic acids is 2. The summed E-state index contributed by atoms with van der Waals surface area (Å²) in [5.41, 5.74) is 1.07. The molecule has 0 unspecified atom stereocenters. The van der Waals surface area contributed by atoms with Gasteiger partial charge in [-0.15, -0.1) is 0 Å². The molecule has 2 amide bonds. The quantitative estimate of drug-likeness (QED) is 0.801. The van der Waals surface area contributed by atoms with Gasteiger partial charge in [-0.1, -0.05) is 30.3 Å². The van der Waals surface area contributed by atoms with E-state index < -0.39 is 6.09 Å². The minimum atomic E-state index is -0.406. The number of likely N-dealkylation sites (N-methyl/N-ethyl adjacent to an activating group) is 1. The maximum atomic E-state index is 11.9. The first-order valence-electron chi connectivity index (χ1n) is 5.86. The average molecular weight is 248 g/mol. The fourth-order valence-electron chi connectivity index (χ4n) is 1.80. The lowest BCUT2D eigenvalue weighted by Gasteiger charge is -2.20. The van der Waals surface area contributed by atoms with Crippen LogP contribution < -0.4 is 0 Å². The zero-order valence-corrected chi connectivity index (χ0v) is 10.3. The lowest BCUT2D eigenvalue weighted by molar-refractivity contribution is -0.130. The van der Waals surface area contributed by atoms with E-state index in [1.165, 1.54) is 4.90 Å². The standard InChI is InChI=1S/C13H16N2O3/c1-14(9-11-5-3-2-4-6-11)12(16)10-15-7-8-18-13(15)17/h2-6H,7-10H2,1H3. The second-order valence-electron chi connectivity index (χ2n) is 4.27. The second-order valence-corrected chi connectivity index (χ2v) is 4.27. The van der Waals surface area contributed by atoms with Crippen LogP contribution in [0.5, 0.6) is 0 Å². The normalized spacial score (nSPS) is 14.5. The van der Waals surface area contributed by atoms with E-state index >= 15 is 0 Å². The van der Waals surface area contributed by atoms with Gasteiger partial charge in [0.2, 0.25) is 5.91 Å². The van der Waals surface area contributed by atoms with E-state index in [0.29, 0.717) is 19.7 Å². The van der Waals surface area contributed by atoms with Crippen LogP contribution in [0.15, 0.2) is 30.3 Å². The van der Waals surface area contributed by atoms with Crippen molar-refractivity contribution in [2.75, 3.05) is 26.7 Å². The molecule has 18 heavy (non-hydrogen) atoms. The zero-order valence-electron chi connectivity index (χ0n) is 10.3. The zero-order chi connectivity index (χ0) is 13.0. The fraction of sp³-hybridized carbons (Fsp3) is 0.385. The summed E-state index contributed by atoms with van der Waals surface area (Å²) in [5.74, 6) is -0.0855. The molecule has 1 aliphatic heterocycles. The van der Waals surface area contributed by atoms with Crippen LogP contribution in [-0.2, 0) is 16.1 Å². The van der Waals surface area contributed by atoms with Gasteiger partial charge in [0.25, 0.3) is 0 Å². The van der Waals surface area contributed by atoms with Crippen LogP contribution in [0.25, 0.3) is 0 Å². The molecule has 0 N–H and O–H groups in total. The summed E-state index contributed by atoms with van der Waals surface area (Å²) in [5, 5.41) is 0. The Balaban J connectivity index is 1.87. The third kappa shape index (κ3) is 3.00. The van der Waals surface area contributed by atoms with Gasteiger partial charge >= 0.3 is 6.09 Å². The molecule has 0 aromatic heterocycles. The Morgan fingerprint density at radius 3 is 2.72 bits per heavy atom. The van der Waals surface area contributed by atoms with Gasteiger partial charge in [0.05, 0.1) is 6.54 Å². The molecule has 96 valence electrons. The van der Waals surface area contributed by atoms with Crippen molar-refractivity contribution in [3.63, 3.8) is 0 Å². The molecule has 0 radical (unpaired) electrons. The molecule has 1 aromatic carbocycles. The summed E-state index contributed by atoms with van der Waals surface area (Å²) in [6.45, 7) is 1.49. The van der Waals surface area contributed by atoms with Gasteiger partial charge in [-0.05, 0) is 5.56 Å². The summed E-state index contributed by atoms with van der Waals surface area (Å²) < 4.78 is 4.78. The Kier molecular flexibility index (Phi) is 3.82. The summed E-state index contributed by atoms with van der Waals surface area (Å²) in [7, 11) is 1.73. The Labute approximate surface area is 106 Å². The number of hydrogen-bond acceptors (Lipinski definition) is 3. The van der Waals surface area contributed by atoms with E-state index in [-0.39, 0.29) is 12.5 Å². The number of nitrogens with zero attached hydrogens (tertiary/aromatic N) is 2. The van der Waals surface area contributed by atoms with Crippen LogP contribution in [0.2, 0.25) is 0 Å². The monoisotopic (exact) mass is 248 g/mol. The lowest BCUT2D eigenvalue weighted by Crippen LogP contribution is -2.38. The largest absolute Gasteiger partial charge is 0.448 e. The molecule has 1 aliphatic rings. The first-order chi connectivity index (χ1) is 8.66. The molecule has 0 spiro atoms. The summed E-state index contributed by atoms with van der Waals surface area (Å²) in [6, 6.07) is 9.74. The van der Waals surface area contributed by atoms with Crippen LogP contribution >= 0.6 is 0 Å². The van der Waals surface area contributed by atoms with Gasteiger partial charge in [0.15, 0.2) is 0 Å². The van der Waals surface area contributed by atoms with Gasteiger partial charge in [0.1, 0.15) is 13.2 Å². The minimum Gasteiger partial charge on any atom is -0.448 e. The van der Waals surface area contributed by atoms with Crippen molar-refractivity contribution >= 4 is 12.0 Å². The fourth-order valence-corrected chi connectivity index (χ4v) is 1.80. The Morgan fingerprint density at radius 1 is 1.39 bits per heavy atom. The Bertz CT molecular complexity index is 433. The van der Waals surface area contributed by atoms with Gasteiger partial charge < -0.3 is 9.64 Å². The van der Waals surface area contributed by atoms with Crippen molar-refractivity contribution in [2.45, 2.75) is 6.54 Å². The number of ether oxygens (including phenoxy) is 1. The van der Waals surface area contributed by atoms with Crippen LogP contribution in [0, 0.1) is 0 Å². The van der Waals surface area contributed by atoms with Crippen LogP contribution in [0.1, 0.15) is 5.56 Å². The van der Waals surface area contributed by atoms with Crippen LogP contribution in [0.4, 0.5) is 4.79 Å². The van der Waals surface area contributed by atoms with Gasteiger partial charge in [-0.3, -0.25) is 9.69 Å². The third-order valence-corrected chi connectivity index (χ3v) is 2.86. The lowest BCUT2D eigenvalue weighted by atomic mass is 10.2. The van der Waals surface area contributed by atoms with Crippen molar-refractivity contribution in [3.8, 4) is 0 Å². The number of rotatable bonds is 4. The average Bonchev–Trinajstić information content (AvgIpc) is 2.76. The van der Waals surface area contributed by atoms with Crippen molar-refractivity contribution in [2.24, 2.45) is 0 Å². The predicted octanol–water partition coefficient (Wildman–Crippen LogP) is 1.10. The molecular weight excluding hydrogens is 232 g/mol. The van der Waals surface area contributed by atoms with Gasteiger partial charge in [-0.25, -0.2) is 4.79 Å². The summed E-state index contributed by atoms with van der Waals surface area (Å²) in [6.07, 6.45) is -0.406. The summed E-state index contributed by atoms with van der Waals surface area (Å²) in [4.78, 5) is 26.2. The van der Waals surface area contributed by atoms with E-state index in [2.05, 4.69) is 0 Å². The number of benzene rings is 1. The maximum Gasteiger partial charge on any atom is 0.410 e. The molecule has 1 fully saturated rings. The molecular formula is C13H16N2O3. The predicted molar refractivity (Wildman–Crippen MR) is 65.8 cm³/mol. The highest BCUT2D eigenvalue weighted by Gasteiger charge is 2.25. The smallest absolute Gasteiger partial charge is 0.410 e. The topological polar surface area (TPSA) is 49.9 Å². The van der Waals surface area contributed by atoms with E-state index in [4.69, 9.17) is 4.74 Å². The molecule has 1 heterocycles. The molecule has 1 saturated heterocycles. The van der Waals surface area contributed by atoms with E-state index in [0.717, 1.165) is 5.56 Å². The first-order valence-corrected chi connectivity index (χ1v) is 5.86.